The summed E-state index contributed by atoms with van der Waals surface area (Å²) in [6.07, 6.45) is 3.06. The lowest BCUT2D eigenvalue weighted by atomic mass is 10.2. The van der Waals surface area contributed by atoms with Crippen molar-refractivity contribution in [1.82, 2.24) is 9.97 Å². The minimum atomic E-state index is -0.272. The maximum absolute atomic E-state index is 13.6. The van der Waals surface area contributed by atoms with Gasteiger partial charge < -0.3 is 5.73 Å². The zero-order chi connectivity index (χ0) is 11.4. The van der Waals surface area contributed by atoms with Crippen molar-refractivity contribution in [2.45, 2.75) is 16.5 Å². The molecule has 3 nitrogen and oxygen atoms in total. The second-order valence-electron chi connectivity index (χ2n) is 3.08. The fourth-order valence-corrected chi connectivity index (χ4v) is 2.16. The van der Waals surface area contributed by atoms with Crippen LogP contribution in [-0.4, -0.2) is 9.97 Å². The maximum atomic E-state index is 13.6. The molecule has 16 heavy (non-hydrogen) atoms. The van der Waals surface area contributed by atoms with E-state index >= 15 is 0 Å². The van der Waals surface area contributed by atoms with Gasteiger partial charge in [0.1, 0.15) is 17.2 Å². The molecule has 0 saturated carbocycles. The third-order valence-electron chi connectivity index (χ3n) is 2.03. The molecule has 0 aliphatic rings. The van der Waals surface area contributed by atoms with E-state index in [0.29, 0.717) is 16.5 Å². The van der Waals surface area contributed by atoms with E-state index in [1.165, 1.54) is 24.2 Å². The first-order chi connectivity index (χ1) is 7.81. The summed E-state index contributed by atoms with van der Waals surface area (Å²) in [5.41, 5.74) is 6.34. The summed E-state index contributed by atoms with van der Waals surface area (Å²) in [7, 11) is 0. The van der Waals surface area contributed by atoms with Crippen LogP contribution in [0.4, 0.5) is 4.39 Å². The van der Waals surface area contributed by atoms with Crippen LogP contribution in [-0.2, 0) is 6.54 Å². The number of rotatable bonds is 3. The molecule has 0 unspecified atom stereocenters. The largest absolute Gasteiger partial charge is 0.326 e. The number of benzene rings is 1. The number of nitrogens with zero attached hydrogens (tertiary/aromatic N) is 2. The van der Waals surface area contributed by atoms with Crippen molar-refractivity contribution in [3.8, 4) is 0 Å². The molecule has 0 aliphatic carbocycles. The predicted octanol–water partition coefficient (Wildman–Crippen LogP) is 2.23. The normalized spacial score (nSPS) is 10.4. The fourth-order valence-electron chi connectivity index (χ4n) is 1.27. The van der Waals surface area contributed by atoms with Crippen LogP contribution in [0.1, 0.15) is 5.56 Å². The molecule has 0 bridgehead atoms. The quantitative estimate of drug-likeness (QED) is 0.829. The zero-order valence-electron chi connectivity index (χ0n) is 8.43. The highest BCUT2D eigenvalue weighted by molar-refractivity contribution is 7.99. The third kappa shape index (κ3) is 2.37. The fraction of sp³-hybridized carbons (Fsp3) is 0.0909. The summed E-state index contributed by atoms with van der Waals surface area (Å²) < 4.78 is 13.6. The molecule has 82 valence electrons. The van der Waals surface area contributed by atoms with Crippen LogP contribution in [0, 0.1) is 5.82 Å². The van der Waals surface area contributed by atoms with Gasteiger partial charge in [-0.15, -0.1) is 0 Å². The molecule has 5 heteroatoms. The van der Waals surface area contributed by atoms with E-state index in [1.807, 2.05) is 6.07 Å². The molecule has 1 aromatic carbocycles. The van der Waals surface area contributed by atoms with Gasteiger partial charge in [0, 0.05) is 12.7 Å². The van der Waals surface area contributed by atoms with E-state index in [9.17, 15) is 4.39 Å². The molecule has 0 amide bonds. The van der Waals surface area contributed by atoms with Gasteiger partial charge in [-0.2, -0.15) is 0 Å². The van der Waals surface area contributed by atoms with Crippen molar-refractivity contribution in [2.75, 3.05) is 0 Å². The molecule has 2 N–H and O–H groups in total. The van der Waals surface area contributed by atoms with E-state index in [0.717, 1.165) is 5.56 Å². The first-order valence-electron chi connectivity index (χ1n) is 4.72. The molecule has 0 spiro atoms. The Morgan fingerprint density at radius 2 is 2.19 bits per heavy atom. The van der Waals surface area contributed by atoms with Crippen LogP contribution in [0.15, 0.2) is 46.7 Å². The summed E-state index contributed by atoms with van der Waals surface area (Å²) in [4.78, 5) is 8.38. The summed E-state index contributed by atoms with van der Waals surface area (Å²) in [5.74, 6) is -0.272. The number of hydrogen-bond donors (Lipinski definition) is 1. The van der Waals surface area contributed by atoms with Crippen LogP contribution < -0.4 is 5.73 Å². The second-order valence-corrected chi connectivity index (χ2v) is 4.11. The summed E-state index contributed by atoms with van der Waals surface area (Å²) in [6, 6.07) is 6.62. The van der Waals surface area contributed by atoms with Crippen LogP contribution in [0.5, 0.6) is 0 Å². The lowest BCUT2D eigenvalue weighted by Crippen LogP contribution is -2.00. The predicted molar refractivity (Wildman–Crippen MR) is 60.4 cm³/mol. The van der Waals surface area contributed by atoms with Gasteiger partial charge in [0.2, 0.25) is 0 Å². The van der Waals surface area contributed by atoms with E-state index in [-0.39, 0.29) is 5.82 Å². The molecular formula is C11H10FN3S. The van der Waals surface area contributed by atoms with Gasteiger partial charge in [-0.25, -0.2) is 14.4 Å². The van der Waals surface area contributed by atoms with Crippen LogP contribution in [0.3, 0.4) is 0 Å². The third-order valence-corrected chi connectivity index (χ3v) is 3.14. The van der Waals surface area contributed by atoms with Gasteiger partial charge in [-0.3, -0.25) is 0 Å². The average Bonchev–Trinajstić information content (AvgIpc) is 2.33. The van der Waals surface area contributed by atoms with Gasteiger partial charge in [0.15, 0.2) is 0 Å². The Bertz CT molecular complexity index is 476. The smallest absolute Gasteiger partial charge is 0.137 e. The van der Waals surface area contributed by atoms with Gasteiger partial charge >= 0.3 is 0 Å². The Balaban J connectivity index is 2.34. The highest BCUT2D eigenvalue weighted by atomic mass is 32.2. The van der Waals surface area contributed by atoms with Gasteiger partial charge in [0.25, 0.3) is 0 Å². The summed E-state index contributed by atoms with van der Waals surface area (Å²) in [5, 5.41) is 0.704. The Hall–Kier alpha value is -1.46. The molecule has 2 rings (SSSR count). The number of halogens is 1. The summed E-state index contributed by atoms with van der Waals surface area (Å²) >= 11 is 1.26. The minimum Gasteiger partial charge on any atom is -0.326 e. The van der Waals surface area contributed by atoms with Crippen LogP contribution >= 0.6 is 11.8 Å². The van der Waals surface area contributed by atoms with Crippen LogP contribution in [0.25, 0.3) is 0 Å². The van der Waals surface area contributed by atoms with Gasteiger partial charge in [-0.1, -0.05) is 23.9 Å². The zero-order valence-corrected chi connectivity index (χ0v) is 9.25. The van der Waals surface area contributed by atoms with E-state index in [2.05, 4.69) is 9.97 Å². The number of nitrogens with two attached hydrogens (primary N) is 1. The highest BCUT2D eigenvalue weighted by Gasteiger charge is 2.09. The Kier molecular flexibility index (Phi) is 3.48. The minimum absolute atomic E-state index is 0.272. The van der Waals surface area contributed by atoms with Crippen molar-refractivity contribution in [2.24, 2.45) is 5.73 Å². The van der Waals surface area contributed by atoms with Crippen LogP contribution in [0.2, 0.25) is 0 Å². The lowest BCUT2D eigenvalue weighted by Gasteiger charge is -2.07. The number of aromatic nitrogens is 2. The second kappa shape index (κ2) is 5.05. The van der Waals surface area contributed by atoms with Crippen molar-refractivity contribution in [1.29, 1.82) is 0 Å². The lowest BCUT2D eigenvalue weighted by molar-refractivity contribution is 0.597. The molecule has 0 aliphatic heterocycles. The van der Waals surface area contributed by atoms with Crippen molar-refractivity contribution in [3.63, 3.8) is 0 Å². The van der Waals surface area contributed by atoms with Crippen molar-refractivity contribution in [3.05, 3.63) is 48.2 Å². The molecule has 1 heterocycles. The Labute approximate surface area is 96.9 Å². The van der Waals surface area contributed by atoms with Crippen molar-refractivity contribution >= 4 is 11.8 Å². The maximum Gasteiger partial charge on any atom is 0.137 e. The average molecular weight is 235 g/mol. The SMILES string of the molecule is NCc1cccc(F)c1Sc1ccncn1. The van der Waals surface area contributed by atoms with E-state index in [4.69, 9.17) is 5.73 Å². The monoisotopic (exact) mass is 235 g/mol. The standard InChI is InChI=1S/C11H10FN3S/c12-9-3-1-2-8(6-13)11(9)16-10-4-5-14-7-15-10/h1-5,7H,6,13H2. The first-order valence-corrected chi connectivity index (χ1v) is 5.54. The van der Waals surface area contributed by atoms with Gasteiger partial charge in [-0.05, 0) is 17.7 Å². The molecule has 2 aromatic rings. The summed E-state index contributed by atoms with van der Waals surface area (Å²) in [6.45, 7) is 0.311. The van der Waals surface area contributed by atoms with E-state index < -0.39 is 0 Å². The van der Waals surface area contributed by atoms with Crippen molar-refractivity contribution < 1.29 is 4.39 Å². The van der Waals surface area contributed by atoms with E-state index in [1.54, 1.807) is 18.3 Å². The molecule has 1 aromatic heterocycles. The number of hydrogen-bond acceptors (Lipinski definition) is 4. The molecule has 0 atom stereocenters. The molecule has 0 radical (unpaired) electrons. The van der Waals surface area contributed by atoms with Gasteiger partial charge in [0.05, 0.1) is 4.90 Å². The topological polar surface area (TPSA) is 51.8 Å². The molecular weight excluding hydrogens is 225 g/mol. The Morgan fingerprint density at radius 3 is 2.88 bits per heavy atom. The first kappa shape index (κ1) is 11.0. The highest BCUT2D eigenvalue weighted by Crippen LogP contribution is 2.30. The molecule has 0 fully saturated rings. The molecule has 0 saturated heterocycles. The Morgan fingerprint density at radius 1 is 1.31 bits per heavy atom.